The molecule has 1 aromatic heterocycles. The number of amides is 1. The van der Waals surface area contributed by atoms with Crippen LogP contribution in [0.25, 0.3) is 11.5 Å². The summed E-state index contributed by atoms with van der Waals surface area (Å²) in [5, 5.41) is 6.66. The molecule has 0 aliphatic carbocycles. The molecule has 0 spiro atoms. The number of fused-ring (bicyclic) bond motifs is 2. The quantitative estimate of drug-likeness (QED) is 0.590. The van der Waals surface area contributed by atoms with Crippen molar-refractivity contribution < 1.29 is 18.8 Å². The molecule has 0 radical (unpaired) electrons. The summed E-state index contributed by atoms with van der Waals surface area (Å²) in [6.07, 6.45) is 4.93. The summed E-state index contributed by atoms with van der Waals surface area (Å²) in [4.78, 5) is 19.2. The number of carbonyl (C=O) groups is 1. The molecule has 2 bridgehead atoms. The van der Waals surface area contributed by atoms with Crippen LogP contribution in [-0.4, -0.2) is 53.3 Å². The van der Waals surface area contributed by atoms with Crippen LogP contribution in [0.1, 0.15) is 41.9 Å². The van der Waals surface area contributed by atoms with E-state index in [0.29, 0.717) is 18.6 Å². The molecule has 8 nitrogen and oxygen atoms in total. The Morgan fingerprint density at radius 3 is 2.61 bits per heavy atom. The Kier molecular flexibility index (Phi) is 6.00. The Labute approximate surface area is 192 Å². The van der Waals surface area contributed by atoms with Crippen LogP contribution >= 0.6 is 0 Å². The maximum Gasteiger partial charge on any atom is 0.292 e. The molecule has 1 amide bonds. The molecular formula is C25H28N4O4. The second kappa shape index (κ2) is 9.23. The van der Waals surface area contributed by atoms with Gasteiger partial charge in [0.15, 0.2) is 0 Å². The topological polar surface area (TPSA) is 89.7 Å². The minimum Gasteiger partial charge on any atom is -0.497 e. The fraction of sp³-hybridized carbons (Fsp3) is 0.400. The van der Waals surface area contributed by atoms with Gasteiger partial charge < -0.3 is 24.2 Å². The van der Waals surface area contributed by atoms with E-state index in [2.05, 4.69) is 27.4 Å². The highest BCUT2D eigenvalue weighted by molar-refractivity contribution is 5.90. The summed E-state index contributed by atoms with van der Waals surface area (Å²) >= 11 is 0. The van der Waals surface area contributed by atoms with Gasteiger partial charge in [0.2, 0.25) is 0 Å². The molecule has 172 valence electrons. The summed E-state index contributed by atoms with van der Waals surface area (Å²) in [6.45, 7) is 0.348. The van der Waals surface area contributed by atoms with Gasteiger partial charge in [0.1, 0.15) is 17.6 Å². The van der Waals surface area contributed by atoms with Gasteiger partial charge in [0, 0.05) is 24.2 Å². The van der Waals surface area contributed by atoms with Gasteiger partial charge in [-0.15, -0.1) is 0 Å². The maximum atomic E-state index is 12.5. The van der Waals surface area contributed by atoms with Crippen LogP contribution in [0.15, 0.2) is 53.1 Å². The summed E-state index contributed by atoms with van der Waals surface area (Å²) in [5.74, 6) is 1.46. The average molecular weight is 449 g/mol. The molecule has 3 aromatic rings. The lowest BCUT2D eigenvalue weighted by molar-refractivity contribution is 0.0661. The number of piperidine rings is 1. The molecule has 3 heterocycles. The third kappa shape index (κ3) is 4.71. The standard InChI is InChI=1S/C25H28N4O4/c1-29-18-8-9-19(29)14-22(13-18)32-21-5-3-4-16(12-21)15-26-24(30)23-27-25(33-28-23)17-6-10-20(31-2)11-7-17/h3-7,10-12,18-19,22H,8-9,13-15H2,1-2H3,(H,26,30)/t18-,19+,22?. The van der Waals surface area contributed by atoms with Crippen LogP contribution in [0.2, 0.25) is 0 Å². The van der Waals surface area contributed by atoms with E-state index in [4.69, 9.17) is 14.0 Å². The van der Waals surface area contributed by atoms with Crippen LogP contribution in [0.3, 0.4) is 0 Å². The van der Waals surface area contributed by atoms with E-state index >= 15 is 0 Å². The SMILES string of the molecule is COc1ccc(-c2nc(C(=O)NCc3cccc(OC4C[C@H]5CC[C@@H](C4)N5C)c3)no2)cc1. The first-order valence-corrected chi connectivity index (χ1v) is 11.3. The van der Waals surface area contributed by atoms with E-state index in [9.17, 15) is 4.79 Å². The highest BCUT2D eigenvalue weighted by Gasteiger charge is 2.39. The third-order valence-corrected chi connectivity index (χ3v) is 6.68. The molecule has 5 rings (SSSR count). The monoisotopic (exact) mass is 448 g/mol. The zero-order valence-corrected chi connectivity index (χ0v) is 18.9. The molecular weight excluding hydrogens is 420 g/mol. The molecule has 8 heteroatoms. The van der Waals surface area contributed by atoms with Crippen LogP contribution in [0.4, 0.5) is 0 Å². The number of hydrogen-bond donors (Lipinski definition) is 1. The lowest BCUT2D eigenvalue weighted by Crippen LogP contribution is -2.43. The Balaban J connectivity index is 1.17. The van der Waals surface area contributed by atoms with E-state index < -0.39 is 5.91 Å². The van der Waals surface area contributed by atoms with Gasteiger partial charge in [-0.25, -0.2) is 0 Å². The number of rotatable bonds is 7. The van der Waals surface area contributed by atoms with Crippen LogP contribution in [0.5, 0.6) is 11.5 Å². The van der Waals surface area contributed by atoms with Gasteiger partial charge in [0.05, 0.1) is 7.11 Å². The molecule has 2 aliphatic heterocycles. The minimum atomic E-state index is -0.392. The third-order valence-electron chi connectivity index (χ3n) is 6.68. The molecule has 2 aliphatic rings. The largest absolute Gasteiger partial charge is 0.497 e. The van der Waals surface area contributed by atoms with Gasteiger partial charge in [0.25, 0.3) is 17.6 Å². The Morgan fingerprint density at radius 1 is 1.12 bits per heavy atom. The zero-order chi connectivity index (χ0) is 22.8. The van der Waals surface area contributed by atoms with Crippen molar-refractivity contribution in [1.82, 2.24) is 20.4 Å². The second-order valence-electron chi connectivity index (χ2n) is 8.74. The molecule has 0 saturated carbocycles. The van der Waals surface area contributed by atoms with Crippen molar-refractivity contribution in [2.75, 3.05) is 14.2 Å². The van der Waals surface area contributed by atoms with E-state index in [1.54, 1.807) is 31.4 Å². The fourth-order valence-corrected chi connectivity index (χ4v) is 4.81. The van der Waals surface area contributed by atoms with E-state index in [1.165, 1.54) is 12.8 Å². The molecule has 33 heavy (non-hydrogen) atoms. The molecule has 2 aromatic carbocycles. The van der Waals surface area contributed by atoms with E-state index in [1.807, 2.05) is 24.3 Å². The number of benzene rings is 2. The first-order valence-electron chi connectivity index (χ1n) is 11.3. The van der Waals surface area contributed by atoms with Gasteiger partial charge in [-0.05, 0) is 74.7 Å². The van der Waals surface area contributed by atoms with Crippen molar-refractivity contribution >= 4 is 5.91 Å². The lowest BCUT2D eigenvalue weighted by Gasteiger charge is -2.36. The number of nitrogens with one attached hydrogen (secondary N) is 1. The molecule has 2 saturated heterocycles. The Hall–Kier alpha value is -3.39. The summed E-state index contributed by atoms with van der Waals surface area (Å²) in [7, 11) is 3.83. The highest BCUT2D eigenvalue weighted by Crippen LogP contribution is 2.36. The molecule has 1 unspecified atom stereocenters. The Bertz CT molecular complexity index is 1100. The lowest BCUT2D eigenvalue weighted by atomic mass is 10.0. The van der Waals surface area contributed by atoms with Crippen LogP contribution in [-0.2, 0) is 6.54 Å². The van der Waals surface area contributed by atoms with Crippen LogP contribution < -0.4 is 14.8 Å². The minimum absolute atomic E-state index is 0.00461. The van der Waals surface area contributed by atoms with Crippen molar-refractivity contribution in [2.45, 2.75) is 50.4 Å². The van der Waals surface area contributed by atoms with E-state index in [-0.39, 0.29) is 17.8 Å². The smallest absolute Gasteiger partial charge is 0.292 e. The van der Waals surface area contributed by atoms with Crippen molar-refractivity contribution in [3.63, 3.8) is 0 Å². The summed E-state index contributed by atoms with van der Waals surface area (Å²) < 4.78 is 16.7. The fourth-order valence-electron chi connectivity index (χ4n) is 4.81. The van der Waals surface area contributed by atoms with Crippen molar-refractivity contribution in [1.29, 1.82) is 0 Å². The first kappa shape index (κ1) is 21.5. The summed E-state index contributed by atoms with van der Waals surface area (Å²) in [5.41, 5.74) is 1.67. The average Bonchev–Trinajstić information content (AvgIpc) is 3.40. The van der Waals surface area contributed by atoms with E-state index in [0.717, 1.165) is 35.5 Å². The van der Waals surface area contributed by atoms with Gasteiger partial charge in [-0.1, -0.05) is 17.3 Å². The van der Waals surface area contributed by atoms with Crippen molar-refractivity contribution in [2.24, 2.45) is 0 Å². The molecule has 2 fully saturated rings. The molecule has 3 atom stereocenters. The van der Waals surface area contributed by atoms with Crippen molar-refractivity contribution in [3.8, 4) is 23.0 Å². The number of hydrogen-bond acceptors (Lipinski definition) is 7. The normalized spacial score (nSPS) is 22.2. The number of ether oxygens (including phenoxy) is 2. The van der Waals surface area contributed by atoms with Crippen molar-refractivity contribution in [3.05, 3.63) is 59.9 Å². The Morgan fingerprint density at radius 2 is 1.88 bits per heavy atom. The second-order valence-corrected chi connectivity index (χ2v) is 8.74. The summed E-state index contributed by atoms with van der Waals surface area (Å²) in [6, 6.07) is 16.3. The van der Waals surface area contributed by atoms with Crippen LogP contribution in [0, 0.1) is 0 Å². The van der Waals surface area contributed by atoms with Gasteiger partial charge in [-0.3, -0.25) is 4.79 Å². The molecule has 1 N–H and O–H groups in total. The number of nitrogens with zero attached hydrogens (tertiary/aromatic N) is 3. The number of carbonyl (C=O) groups excluding carboxylic acids is 1. The maximum absolute atomic E-state index is 12.5. The predicted octanol–water partition coefficient (Wildman–Crippen LogP) is 3.68. The zero-order valence-electron chi connectivity index (χ0n) is 18.9. The first-order chi connectivity index (χ1) is 16.1. The highest BCUT2D eigenvalue weighted by atomic mass is 16.5. The van der Waals surface area contributed by atoms with Gasteiger partial charge >= 0.3 is 0 Å². The predicted molar refractivity (Wildman–Crippen MR) is 122 cm³/mol. The number of aromatic nitrogens is 2. The number of methoxy groups -OCH3 is 1. The van der Waals surface area contributed by atoms with Gasteiger partial charge in [-0.2, -0.15) is 4.98 Å².